The van der Waals surface area contributed by atoms with Crippen LogP contribution in [0.15, 0.2) is 196 Å². The molecule has 8 aromatic rings. The Bertz CT molecular complexity index is 2350. The zero-order valence-electron chi connectivity index (χ0n) is 45.5. The second-order valence-electron chi connectivity index (χ2n) is 16.0. The summed E-state index contributed by atoms with van der Waals surface area (Å²) in [7, 11) is -42.6. The fourth-order valence-electron chi connectivity index (χ4n) is 3.41. The van der Waals surface area contributed by atoms with Crippen molar-refractivity contribution in [2.24, 2.45) is 0 Å². The van der Waals surface area contributed by atoms with Crippen LogP contribution in [0, 0.1) is 55.4 Å². The van der Waals surface area contributed by atoms with Crippen molar-refractivity contribution in [3.8, 4) is 0 Å². The van der Waals surface area contributed by atoms with Crippen LogP contribution in [0.3, 0.4) is 0 Å². The zero-order chi connectivity index (χ0) is 66.5. The van der Waals surface area contributed by atoms with Gasteiger partial charge in [0.2, 0.25) is 0 Å². The number of hydrogen-bond acceptors (Lipinski definition) is 8. The van der Waals surface area contributed by atoms with E-state index in [-0.39, 0.29) is 34.1 Å². The van der Waals surface area contributed by atoms with Gasteiger partial charge in [-0.15, -0.1) is 0 Å². The molecule has 0 unspecified atom stereocenters. The molecule has 8 heterocycles. The molecule has 0 bridgehead atoms. The number of aryl methyl sites for hydroxylation is 8. The van der Waals surface area contributed by atoms with Crippen LogP contribution in [0.5, 0.6) is 0 Å². The van der Waals surface area contributed by atoms with Gasteiger partial charge in [0.1, 0.15) is 0 Å². The minimum atomic E-state index is -10.7. The molecule has 0 fully saturated rings. The van der Waals surface area contributed by atoms with Gasteiger partial charge in [0.15, 0.2) is 0 Å². The Labute approximate surface area is 500 Å². The van der Waals surface area contributed by atoms with Gasteiger partial charge in [-0.2, -0.15) is 0 Å². The summed E-state index contributed by atoms with van der Waals surface area (Å²) in [5.74, 6) is 0. The minimum absolute atomic E-state index is 0. The van der Waals surface area contributed by atoms with Gasteiger partial charge in [0, 0.05) is 99.1 Å². The average molecular weight is 1450 g/mol. The van der Waals surface area contributed by atoms with Gasteiger partial charge in [-0.1, -0.05) is 0 Å². The van der Waals surface area contributed by atoms with E-state index in [0.29, 0.717) is 0 Å². The van der Waals surface area contributed by atoms with Crippen molar-refractivity contribution in [3.63, 3.8) is 0 Å². The molecule has 0 amide bonds. The van der Waals surface area contributed by atoms with Crippen molar-refractivity contribution >= 4 is 31.2 Å². The van der Waals surface area contributed by atoms with Crippen LogP contribution in [0.4, 0.5) is 101 Å². The van der Waals surface area contributed by atoms with E-state index in [1.165, 1.54) is 44.5 Å². The molecule has 8 aromatic heterocycles. The summed E-state index contributed by atoms with van der Waals surface area (Å²) in [5.41, 5.74) is 10.1. The first-order valence-electron chi connectivity index (χ1n) is 22.1. The second-order valence-corrected chi connectivity index (χ2v) is 23.7. The maximum absolute atomic E-state index is 10.7. The van der Waals surface area contributed by atoms with Crippen molar-refractivity contribution < 1.29 is 135 Å². The molecule has 0 atom stereocenters. The van der Waals surface area contributed by atoms with Crippen LogP contribution in [-0.2, 0) is 34.1 Å². The van der Waals surface area contributed by atoms with E-state index in [0.717, 1.165) is 0 Å². The molecular formula is C48H56Cu2F24N8P4. The Morgan fingerprint density at radius 2 is 0.209 bits per heavy atom. The summed E-state index contributed by atoms with van der Waals surface area (Å²) >= 11 is 0. The van der Waals surface area contributed by atoms with Crippen LogP contribution in [0.1, 0.15) is 44.5 Å². The number of pyridine rings is 8. The van der Waals surface area contributed by atoms with Gasteiger partial charge >= 0.3 is 166 Å². The third-order valence-corrected chi connectivity index (χ3v) is 6.78. The topological polar surface area (TPSA) is 103 Å². The Kier molecular flexibility index (Phi) is 36.9. The SMILES string of the molecule is Cc1ccncc1.Cc1ccncc1.Cc1ccncc1.Cc1ccncc1.Cc1ccncc1.Cc1ccncc1.Cc1ccncc1.Cc1ccncc1.F[P-](F)(F)(F)(F)F.F[P-](F)(F)(F)(F)F.F[P-](F)(F)(F)(F)F.F[P-](F)(F)(F)(F)F.[Cu+2].[Cu+2]. The largest absolute Gasteiger partial charge is 2.00 e. The van der Waals surface area contributed by atoms with Crippen LogP contribution >= 0.6 is 31.2 Å². The summed E-state index contributed by atoms with van der Waals surface area (Å²) in [6.07, 6.45) is 28.6. The molecule has 86 heavy (non-hydrogen) atoms. The van der Waals surface area contributed by atoms with Gasteiger partial charge < -0.3 is 0 Å². The van der Waals surface area contributed by atoms with E-state index in [4.69, 9.17) is 0 Å². The Balaban J connectivity index is -0.000000203. The fraction of sp³-hybridized carbons (Fsp3) is 0.167. The summed E-state index contributed by atoms with van der Waals surface area (Å²) in [6.45, 7) is 16.3. The Hall–Kier alpha value is -5.72. The summed E-state index contributed by atoms with van der Waals surface area (Å²) in [5, 5.41) is 0. The van der Waals surface area contributed by atoms with Crippen LogP contribution < -0.4 is 0 Å². The number of nitrogens with zero attached hydrogens (tertiary/aromatic N) is 8. The molecule has 0 aromatic carbocycles. The molecule has 8 rings (SSSR count). The second kappa shape index (κ2) is 34.7. The number of rotatable bonds is 0. The first kappa shape index (κ1) is 91.5. The maximum atomic E-state index is 9.87. The molecule has 38 heteroatoms. The number of aromatic nitrogens is 8. The molecule has 0 aliphatic carbocycles. The van der Waals surface area contributed by atoms with Crippen LogP contribution in [-0.4, -0.2) is 39.9 Å². The quantitative estimate of drug-likeness (QED) is 0.0840. The third kappa shape index (κ3) is 138. The first-order valence-corrected chi connectivity index (χ1v) is 30.3. The molecule has 498 valence electrons. The molecule has 0 saturated heterocycles. The zero-order valence-corrected chi connectivity index (χ0v) is 51.0. The minimum Gasteiger partial charge on any atom is 2.00 e. The summed E-state index contributed by atoms with van der Waals surface area (Å²) in [4.78, 5) is 30.8. The van der Waals surface area contributed by atoms with E-state index in [9.17, 15) is 101 Å². The molecule has 0 aliphatic rings. The van der Waals surface area contributed by atoms with Gasteiger partial charge in [-0.25, -0.2) is 0 Å². The number of hydrogen-bond donors (Lipinski definition) is 0. The maximum Gasteiger partial charge on any atom is 2.00 e. The van der Waals surface area contributed by atoms with E-state index in [2.05, 4.69) is 39.9 Å². The molecule has 2 radical (unpaired) electrons. The molecule has 8 nitrogen and oxygen atoms in total. The molecular weight excluding hydrogens is 1400 g/mol. The van der Waals surface area contributed by atoms with Crippen molar-refractivity contribution in [1.82, 2.24) is 39.9 Å². The Morgan fingerprint density at radius 3 is 0.233 bits per heavy atom. The van der Waals surface area contributed by atoms with Gasteiger partial charge in [0.25, 0.3) is 0 Å². The van der Waals surface area contributed by atoms with Crippen LogP contribution in [0.2, 0.25) is 0 Å². The smallest absolute Gasteiger partial charge is 2.00 e. The normalized spacial score (nSPS) is 13.2. The average Bonchev–Trinajstić information content (AvgIpc) is 3.29. The predicted molar refractivity (Wildman–Crippen MR) is 286 cm³/mol. The third-order valence-electron chi connectivity index (χ3n) is 6.78. The molecule has 0 aliphatic heterocycles. The van der Waals surface area contributed by atoms with E-state index in [1.807, 2.05) is 152 Å². The fourth-order valence-corrected chi connectivity index (χ4v) is 3.41. The van der Waals surface area contributed by atoms with Crippen molar-refractivity contribution in [2.45, 2.75) is 55.4 Å². The standard InChI is InChI=1S/8C6H7N.2Cu.4F6P/c8*1-6-2-4-7-5-3-6;;;4*1-7(2,3,4,5)6/h8*2-5H,1H3;;;;;;/q;;;;;;;;2*+2;4*-1. The van der Waals surface area contributed by atoms with Gasteiger partial charge in [-0.05, 0) is 197 Å². The van der Waals surface area contributed by atoms with Crippen molar-refractivity contribution in [3.05, 3.63) is 241 Å². The van der Waals surface area contributed by atoms with E-state index in [1.54, 1.807) is 99.1 Å². The summed E-state index contributed by atoms with van der Waals surface area (Å²) in [6, 6.07) is 31.6. The molecule has 0 N–H and O–H groups in total. The van der Waals surface area contributed by atoms with Crippen molar-refractivity contribution in [1.29, 1.82) is 0 Å². The van der Waals surface area contributed by atoms with Crippen LogP contribution in [0.25, 0.3) is 0 Å². The van der Waals surface area contributed by atoms with E-state index >= 15 is 0 Å². The predicted octanol–water partition coefficient (Wildman–Crippen LogP) is 24.6. The molecule has 0 spiro atoms. The molecule has 0 saturated carbocycles. The van der Waals surface area contributed by atoms with E-state index < -0.39 is 31.2 Å². The first-order chi connectivity index (χ1) is 36.9. The van der Waals surface area contributed by atoms with Gasteiger partial charge in [0.05, 0.1) is 0 Å². The van der Waals surface area contributed by atoms with Gasteiger partial charge in [-0.3, -0.25) is 39.9 Å². The Morgan fingerprint density at radius 1 is 0.163 bits per heavy atom. The van der Waals surface area contributed by atoms with Crippen molar-refractivity contribution in [2.75, 3.05) is 0 Å². The number of halogens is 24. The monoisotopic (exact) mass is 1450 g/mol. The summed E-state index contributed by atoms with van der Waals surface area (Å²) < 4.78 is 237.